The van der Waals surface area contributed by atoms with E-state index in [9.17, 15) is 4.79 Å². The van der Waals surface area contributed by atoms with Gasteiger partial charge in [-0.2, -0.15) is 0 Å². The highest BCUT2D eigenvalue weighted by atomic mass is 32.1. The number of hydrogen-bond donors (Lipinski definition) is 0. The summed E-state index contributed by atoms with van der Waals surface area (Å²) in [6.07, 6.45) is 4.28. The first-order valence-electron chi connectivity index (χ1n) is 9.77. The van der Waals surface area contributed by atoms with Crippen LogP contribution in [0, 0.1) is 0 Å². The number of hydrogen-bond acceptors (Lipinski definition) is 3. The second kappa shape index (κ2) is 7.16. The van der Waals surface area contributed by atoms with Gasteiger partial charge in [-0.15, -0.1) is 11.3 Å². The van der Waals surface area contributed by atoms with Crippen LogP contribution in [0.2, 0.25) is 0 Å². The van der Waals surface area contributed by atoms with Gasteiger partial charge in [-0.3, -0.25) is 4.79 Å². The molecule has 0 radical (unpaired) electrons. The molecule has 1 aliphatic heterocycles. The molecule has 4 heteroatoms. The molecule has 0 saturated carbocycles. The zero-order chi connectivity index (χ0) is 18.3. The summed E-state index contributed by atoms with van der Waals surface area (Å²) >= 11 is 1.68. The van der Waals surface area contributed by atoms with E-state index in [0.717, 1.165) is 43.6 Å². The summed E-state index contributed by atoms with van der Waals surface area (Å²) in [6, 6.07) is 11.7. The zero-order valence-electron chi connectivity index (χ0n) is 16.0. The minimum absolute atomic E-state index is 0.199. The largest absolute Gasteiger partial charge is 0.338 e. The van der Waals surface area contributed by atoms with E-state index in [0.29, 0.717) is 12.1 Å². The summed E-state index contributed by atoms with van der Waals surface area (Å²) in [6.45, 7) is 6.69. The van der Waals surface area contributed by atoms with Crippen molar-refractivity contribution in [1.29, 1.82) is 0 Å². The van der Waals surface area contributed by atoms with E-state index in [1.54, 1.807) is 11.3 Å². The minimum atomic E-state index is 0.199. The molecule has 3 nitrogen and oxygen atoms in total. The van der Waals surface area contributed by atoms with E-state index in [1.807, 2.05) is 11.9 Å². The third-order valence-corrected chi connectivity index (χ3v) is 7.24. The van der Waals surface area contributed by atoms with Crippen LogP contribution in [-0.4, -0.2) is 47.9 Å². The Balaban J connectivity index is 1.51. The Kier molecular flexibility index (Phi) is 4.89. The SMILES string of the molecule is CC(C)N1CCC(N(C)C(=O)c2cc3c(s2)-c2ccccc2CC3)CC1. The normalized spacial score (nSPS) is 17.8. The number of fused-ring (bicyclic) bond motifs is 3. The number of carbonyl (C=O) groups excluding carboxylic acids is 1. The van der Waals surface area contributed by atoms with Crippen molar-refractivity contribution in [2.24, 2.45) is 0 Å². The van der Waals surface area contributed by atoms with Crippen LogP contribution >= 0.6 is 11.3 Å². The molecule has 0 unspecified atom stereocenters. The monoisotopic (exact) mass is 368 g/mol. The van der Waals surface area contributed by atoms with Crippen LogP contribution in [0.4, 0.5) is 0 Å². The summed E-state index contributed by atoms with van der Waals surface area (Å²) in [4.78, 5) is 19.8. The highest BCUT2D eigenvalue weighted by molar-refractivity contribution is 7.17. The standard InChI is InChI=1S/C22H28N2OS/c1-15(2)24-12-10-18(11-13-24)23(3)22(25)20-14-17-9-8-16-6-4-5-7-19(16)21(17)26-20/h4-7,14-15,18H,8-13H2,1-3H3. The van der Waals surface area contributed by atoms with Gasteiger partial charge in [0.05, 0.1) is 4.88 Å². The van der Waals surface area contributed by atoms with Gasteiger partial charge in [-0.1, -0.05) is 24.3 Å². The third-order valence-electron chi connectivity index (χ3n) is 6.04. The van der Waals surface area contributed by atoms with Crippen molar-refractivity contribution in [2.45, 2.75) is 51.6 Å². The van der Waals surface area contributed by atoms with Crippen molar-refractivity contribution in [3.8, 4) is 10.4 Å². The zero-order valence-corrected chi connectivity index (χ0v) is 16.8. The van der Waals surface area contributed by atoms with Crippen molar-refractivity contribution in [2.75, 3.05) is 20.1 Å². The third kappa shape index (κ3) is 3.21. The average Bonchev–Trinajstić information content (AvgIpc) is 3.11. The van der Waals surface area contributed by atoms with Crippen LogP contribution in [0.3, 0.4) is 0 Å². The summed E-state index contributed by atoms with van der Waals surface area (Å²) < 4.78 is 0. The first kappa shape index (κ1) is 17.7. The fraction of sp³-hybridized carbons (Fsp3) is 0.500. The van der Waals surface area contributed by atoms with Gasteiger partial charge in [0.2, 0.25) is 0 Å². The molecule has 4 rings (SSSR count). The van der Waals surface area contributed by atoms with Gasteiger partial charge in [-0.25, -0.2) is 0 Å². The lowest BCUT2D eigenvalue weighted by Crippen LogP contribution is -2.47. The number of carbonyl (C=O) groups is 1. The molecule has 0 bridgehead atoms. The van der Waals surface area contributed by atoms with Crippen molar-refractivity contribution >= 4 is 17.2 Å². The number of nitrogens with zero attached hydrogens (tertiary/aromatic N) is 2. The molecule has 0 N–H and O–H groups in total. The van der Waals surface area contributed by atoms with Gasteiger partial charge >= 0.3 is 0 Å². The maximum absolute atomic E-state index is 13.1. The van der Waals surface area contributed by atoms with E-state index in [2.05, 4.69) is 49.1 Å². The van der Waals surface area contributed by atoms with Gasteiger partial charge < -0.3 is 9.80 Å². The van der Waals surface area contributed by atoms with Crippen LogP contribution in [0.1, 0.15) is 47.5 Å². The van der Waals surface area contributed by atoms with Crippen LogP contribution in [-0.2, 0) is 12.8 Å². The van der Waals surface area contributed by atoms with Crippen molar-refractivity contribution in [1.82, 2.24) is 9.80 Å². The molecule has 2 aromatic rings. The highest BCUT2D eigenvalue weighted by Crippen LogP contribution is 2.40. The molecule has 2 heterocycles. The molecular weight excluding hydrogens is 340 g/mol. The average molecular weight is 369 g/mol. The quantitative estimate of drug-likeness (QED) is 0.799. The molecule has 0 atom stereocenters. The molecule has 2 aliphatic rings. The van der Waals surface area contributed by atoms with E-state index in [4.69, 9.17) is 0 Å². The summed E-state index contributed by atoms with van der Waals surface area (Å²) in [7, 11) is 1.99. The summed E-state index contributed by atoms with van der Waals surface area (Å²) in [5.74, 6) is 0.199. The van der Waals surface area contributed by atoms with Crippen LogP contribution in [0.15, 0.2) is 30.3 Å². The molecule has 1 fully saturated rings. The number of thiophene rings is 1. The number of aryl methyl sites for hydroxylation is 2. The van der Waals surface area contributed by atoms with Crippen molar-refractivity contribution < 1.29 is 4.79 Å². The first-order valence-corrected chi connectivity index (χ1v) is 10.6. The topological polar surface area (TPSA) is 23.6 Å². The Morgan fingerprint density at radius 1 is 1.15 bits per heavy atom. The fourth-order valence-electron chi connectivity index (χ4n) is 4.31. The Labute approximate surface area is 160 Å². The Morgan fingerprint density at radius 2 is 1.85 bits per heavy atom. The van der Waals surface area contributed by atoms with Crippen LogP contribution in [0.5, 0.6) is 0 Å². The number of rotatable bonds is 3. The Bertz CT molecular complexity index is 802. The van der Waals surface area contributed by atoms with E-state index < -0.39 is 0 Å². The van der Waals surface area contributed by atoms with Gasteiger partial charge in [0.1, 0.15) is 0 Å². The molecule has 1 saturated heterocycles. The van der Waals surface area contributed by atoms with Crippen LogP contribution in [0.25, 0.3) is 10.4 Å². The van der Waals surface area contributed by atoms with E-state index >= 15 is 0 Å². The highest BCUT2D eigenvalue weighted by Gasteiger charge is 2.29. The summed E-state index contributed by atoms with van der Waals surface area (Å²) in [5, 5.41) is 0. The Morgan fingerprint density at radius 3 is 2.58 bits per heavy atom. The van der Waals surface area contributed by atoms with Crippen molar-refractivity contribution in [3.05, 3.63) is 46.3 Å². The molecule has 1 aliphatic carbocycles. The number of piperidine rings is 1. The Hall–Kier alpha value is -1.65. The molecule has 0 spiro atoms. The number of amides is 1. The maximum atomic E-state index is 13.1. The van der Waals surface area contributed by atoms with E-state index in [-0.39, 0.29) is 5.91 Å². The molecule has 138 valence electrons. The van der Waals surface area contributed by atoms with Gasteiger partial charge in [0.15, 0.2) is 0 Å². The molecular formula is C22H28N2OS. The lowest BCUT2D eigenvalue weighted by Gasteiger charge is -2.38. The van der Waals surface area contributed by atoms with E-state index in [1.165, 1.54) is 21.6 Å². The van der Waals surface area contributed by atoms with Crippen molar-refractivity contribution in [3.63, 3.8) is 0 Å². The first-order chi connectivity index (χ1) is 12.5. The lowest BCUT2D eigenvalue weighted by molar-refractivity contribution is 0.0620. The second-order valence-corrected chi connectivity index (χ2v) is 8.95. The summed E-state index contributed by atoms with van der Waals surface area (Å²) in [5.41, 5.74) is 4.08. The predicted octanol–water partition coefficient (Wildman–Crippen LogP) is 4.46. The van der Waals surface area contributed by atoms with Gasteiger partial charge in [-0.05, 0) is 62.3 Å². The molecule has 1 amide bonds. The lowest BCUT2D eigenvalue weighted by atomic mass is 9.91. The number of benzene rings is 1. The molecule has 1 aromatic carbocycles. The minimum Gasteiger partial charge on any atom is -0.338 e. The second-order valence-electron chi connectivity index (χ2n) is 7.90. The smallest absolute Gasteiger partial charge is 0.263 e. The van der Waals surface area contributed by atoms with Gasteiger partial charge in [0.25, 0.3) is 5.91 Å². The fourth-order valence-corrected chi connectivity index (χ4v) is 5.56. The number of likely N-dealkylation sites (tertiary alicyclic amines) is 1. The van der Waals surface area contributed by atoms with Crippen LogP contribution < -0.4 is 0 Å². The molecule has 1 aromatic heterocycles. The molecule has 26 heavy (non-hydrogen) atoms. The predicted molar refractivity (Wildman–Crippen MR) is 109 cm³/mol. The van der Waals surface area contributed by atoms with Gasteiger partial charge in [0, 0.05) is 37.1 Å². The maximum Gasteiger partial charge on any atom is 0.263 e.